The fourth-order valence-corrected chi connectivity index (χ4v) is 2.03. The Hall–Kier alpha value is -1.30. The van der Waals surface area contributed by atoms with E-state index < -0.39 is 5.97 Å². The Morgan fingerprint density at radius 3 is 2.33 bits per heavy atom. The number of carboxylic acids is 1. The number of benzene rings is 1. The molecule has 0 fully saturated rings. The highest BCUT2D eigenvalue weighted by Crippen LogP contribution is 2.23. The van der Waals surface area contributed by atoms with Crippen molar-refractivity contribution in [3.05, 3.63) is 33.8 Å². The van der Waals surface area contributed by atoms with Crippen LogP contribution in [0.2, 0.25) is 10.0 Å². The van der Waals surface area contributed by atoms with Gasteiger partial charge in [0.2, 0.25) is 5.91 Å². The average Bonchev–Trinajstić information content (AvgIpc) is 2.38. The molecule has 116 valence electrons. The number of carbonyl (C=O) groups is 2. The number of carboxylic acid groups (broad SMARTS) is 1. The van der Waals surface area contributed by atoms with Crippen LogP contribution >= 0.6 is 23.2 Å². The largest absolute Gasteiger partial charge is 0.480 e. The molecular formula is C14H18Cl2N2O3. The van der Waals surface area contributed by atoms with E-state index in [1.807, 2.05) is 19.0 Å². The Bertz CT molecular complexity index is 521. The molecule has 0 bridgehead atoms. The lowest BCUT2D eigenvalue weighted by molar-refractivity contribution is -0.144. The van der Waals surface area contributed by atoms with Crippen molar-refractivity contribution >= 4 is 35.1 Å². The van der Waals surface area contributed by atoms with Crippen molar-refractivity contribution in [3.63, 3.8) is 0 Å². The van der Waals surface area contributed by atoms with Crippen LogP contribution in [0.1, 0.15) is 5.56 Å². The van der Waals surface area contributed by atoms with E-state index in [2.05, 4.69) is 0 Å². The number of likely N-dealkylation sites (N-methyl/N-ethyl adjacent to an activating group) is 1. The monoisotopic (exact) mass is 332 g/mol. The molecule has 1 aromatic rings. The van der Waals surface area contributed by atoms with Gasteiger partial charge in [0.1, 0.15) is 6.54 Å². The smallest absolute Gasteiger partial charge is 0.323 e. The molecule has 1 amide bonds. The molecule has 0 aliphatic heterocycles. The summed E-state index contributed by atoms with van der Waals surface area (Å²) in [7, 11) is 3.73. The maximum Gasteiger partial charge on any atom is 0.323 e. The minimum absolute atomic E-state index is 0.0948. The SMILES string of the molecule is CN(C)CCN(CC(=O)O)C(=O)Cc1ccc(Cl)c(Cl)c1. The third kappa shape index (κ3) is 6.33. The van der Waals surface area contributed by atoms with E-state index in [1.54, 1.807) is 18.2 Å². The van der Waals surface area contributed by atoms with E-state index in [1.165, 1.54) is 4.90 Å². The van der Waals surface area contributed by atoms with Gasteiger partial charge in [-0.15, -0.1) is 0 Å². The highest BCUT2D eigenvalue weighted by atomic mass is 35.5. The standard InChI is InChI=1S/C14H18Cl2N2O3/c1-17(2)5-6-18(9-14(20)21)13(19)8-10-3-4-11(15)12(16)7-10/h3-4,7H,5-6,8-9H2,1-2H3,(H,20,21). The Balaban J connectivity index is 2.74. The molecule has 0 heterocycles. The molecule has 0 aromatic heterocycles. The zero-order valence-corrected chi connectivity index (χ0v) is 13.5. The van der Waals surface area contributed by atoms with Gasteiger partial charge in [-0.1, -0.05) is 29.3 Å². The molecule has 0 saturated carbocycles. The van der Waals surface area contributed by atoms with Gasteiger partial charge in [-0.25, -0.2) is 0 Å². The van der Waals surface area contributed by atoms with E-state index in [0.29, 0.717) is 28.7 Å². The van der Waals surface area contributed by atoms with Crippen LogP contribution in [0.3, 0.4) is 0 Å². The van der Waals surface area contributed by atoms with Gasteiger partial charge in [-0.3, -0.25) is 9.59 Å². The van der Waals surface area contributed by atoms with Gasteiger partial charge < -0.3 is 14.9 Å². The van der Waals surface area contributed by atoms with Crippen LogP contribution in [-0.2, 0) is 16.0 Å². The number of hydrogen-bond donors (Lipinski definition) is 1. The second-order valence-corrected chi connectivity index (χ2v) is 5.75. The van der Waals surface area contributed by atoms with Crippen LogP contribution in [0.5, 0.6) is 0 Å². The lowest BCUT2D eigenvalue weighted by Gasteiger charge is -2.22. The first-order valence-corrected chi connectivity index (χ1v) is 7.13. The molecule has 0 atom stereocenters. The number of nitrogens with zero attached hydrogens (tertiary/aromatic N) is 2. The molecule has 5 nitrogen and oxygen atoms in total. The zero-order valence-electron chi connectivity index (χ0n) is 12.0. The Kier molecular flexibility index (Phi) is 6.95. The summed E-state index contributed by atoms with van der Waals surface area (Å²) >= 11 is 11.7. The maximum absolute atomic E-state index is 12.2. The Morgan fingerprint density at radius 2 is 1.81 bits per heavy atom. The number of hydrogen-bond acceptors (Lipinski definition) is 3. The molecule has 21 heavy (non-hydrogen) atoms. The van der Waals surface area contributed by atoms with Crippen LogP contribution < -0.4 is 0 Å². The number of halogens is 2. The van der Waals surface area contributed by atoms with E-state index >= 15 is 0 Å². The minimum atomic E-state index is -1.03. The van der Waals surface area contributed by atoms with Crippen molar-refractivity contribution in [2.24, 2.45) is 0 Å². The second kappa shape index (κ2) is 8.22. The Morgan fingerprint density at radius 1 is 1.14 bits per heavy atom. The van der Waals surface area contributed by atoms with Crippen molar-refractivity contribution in [3.8, 4) is 0 Å². The van der Waals surface area contributed by atoms with Crippen LogP contribution in [-0.4, -0.2) is 60.5 Å². The quantitative estimate of drug-likeness (QED) is 0.829. The van der Waals surface area contributed by atoms with E-state index in [0.717, 1.165) is 0 Å². The van der Waals surface area contributed by atoms with Crippen molar-refractivity contribution in [2.75, 3.05) is 33.7 Å². The summed E-state index contributed by atoms with van der Waals surface area (Å²) < 4.78 is 0. The second-order valence-electron chi connectivity index (χ2n) is 4.94. The third-order valence-corrected chi connectivity index (χ3v) is 3.57. The number of aliphatic carboxylic acids is 1. The summed E-state index contributed by atoms with van der Waals surface area (Å²) in [6.45, 7) is 0.647. The summed E-state index contributed by atoms with van der Waals surface area (Å²) in [5.41, 5.74) is 0.703. The first-order valence-electron chi connectivity index (χ1n) is 6.38. The minimum Gasteiger partial charge on any atom is -0.480 e. The normalized spacial score (nSPS) is 10.7. The van der Waals surface area contributed by atoms with E-state index in [9.17, 15) is 9.59 Å². The van der Waals surface area contributed by atoms with Gasteiger partial charge in [0.25, 0.3) is 0 Å². The lowest BCUT2D eigenvalue weighted by Crippen LogP contribution is -2.40. The summed E-state index contributed by atoms with van der Waals surface area (Å²) in [5.74, 6) is -1.28. The molecule has 7 heteroatoms. The highest BCUT2D eigenvalue weighted by Gasteiger charge is 2.17. The zero-order chi connectivity index (χ0) is 16.0. The van der Waals surface area contributed by atoms with Gasteiger partial charge in [0, 0.05) is 13.1 Å². The predicted molar refractivity (Wildman–Crippen MR) is 82.9 cm³/mol. The van der Waals surface area contributed by atoms with Crippen molar-refractivity contribution in [1.82, 2.24) is 9.80 Å². The molecule has 0 unspecified atom stereocenters. The maximum atomic E-state index is 12.2. The summed E-state index contributed by atoms with van der Waals surface area (Å²) in [6, 6.07) is 4.94. The third-order valence-electron chi connectivity index (χ3n) is 2.84. The number of carbonyl (C=O) groups excluding carboxylic acids is 1. The summed E-state index contributed by atoms with van der Waals surface area (Å²) in [5, 5.41) is 9.69. The van der Waals surface area contributed by atoms with Gasteiger partial charge in [0.15, 0.2) is 0 Å². The molecule has 0 spiro atoms. The van der Waals surface area contributed by atoms with E-state index in [-0.39, 0.29) is 18.9 Å². The van der Waals surface area contributed by atoms with Crippen LogP contribution in [0, 0.1) is 0 Å². The first-order chi connectivity index (χ1) is 9.79. The highest BCUT2D eigenvalue weighted by molar-refractivity contribution is 6.42. The first kappa shape index (κ1) is 17.8. The van der Waals surface area contributed by atoms with Crippen molar-refractivity contribution < 1.29 is 14.7 Å². The molecule has 0 saturated heterocycles. The lowest BCUT2D eigenvalue weighted by atomic mass is 10.1. The van der Waals surface area contributed by atoms with Gasteiger partial charge in [-0.05, 0) is 31.8 Å². The fourth-order valence-electron chi connectivity index (χ4n) is 1.71. The molecule has 0 aliphatic carbocycles. The van der Waals surface area contributed by atoms with Crippen LogP contribution in [0.25, 0.3) is 0 Å². The van der Waals surface area contributed by atoms with Gasteiger partial charge >= 0.3 is 5.97 Å². The predicted octanol–water partition coefficient (Wildman–Crippen LogP) is 2.01. The van der Waals surface area contributed by atoms with Gasteiger partial charge in [0.05, 0.1) is 16.5 Å². The molecular weight excluding hydrogens is 315 g/mol. The summed E-state index contributed by atoms with van der Waals surface area (Å²) in [4.78, 5) is 26.3. The molecule has 1 N–H and O–H groups in total. The van der Waals surface area contributed by atoms with Gasteiger partial charge in [-0.2, -0.15) is 0 Å². The van der Waals surface area contributed by atoms with Crippen molar-refractivity contribution in [2.45, 2.75) is 6.42 Å². The van der Waals surface area contributed by atoms with Crippen LogP contribution in [0.15, 0.2) is 18.2 Å². The Labute approximate surface area is 134 Å². The number of amides is 1. The molecule has 1 aromatic carbocycles. The fraction of sp³-hybridized carbons (Fsp3) is 0.429. The van der Waals surface area contributed by atoms with Crippen LogP contribution in [0.4, 0.5) is 0 Å². The van der Waals surface area contributed by atoms with Crippen molar-refractivity contribution in [1.29, 1.82) is 0 Å². The molecule has 1 rings (SSSR count). The summed E-state index contributed by atoms with van der Waals surface area (Å²) in [6.07, 6.45) is 0.0948. The molecule has 0 aliphatic rings. The number of rotatable bonds is 7. The van der Waals surface area contributed by atoms with E-state index in [4.69, 9.17) is 28.3 Å². The average molecular weight is 333 g/mol. The molecule has 0 radical (unpaired) electrons. The topological polar surface area (TPSA) is 60.9 Å².